The van der Waals surface area contributed by atoms with E-state index in [4.69, 9.17) is 28.4 Å². The number of hydrogen-bond donors (Lipinski definition) is 6. The second kappa shape index (κ2) is 12.9. The molecule has 4 heterocycles. The topological polar surface area (TPSA) is 177 Å². The largest absolute Gasteiger partial charge is 0.392 e. The molecular formula is C38H60O12. The van der Waals surface area contributed by atoms with Crippen LogP contribution in [0.2, 0.25) is 0 Å². The molecule has 7 fully saturated rings. The van der Waals surface area contributed by atoms with Crippen molar-refractivity contribution in [2.75, 3.05) is 13.2 Å². The van der Waals surface area contributed by atoms with Crippen LogP contribution in [0.5, 0.6) is 0 Å². The van der Waals surface area contributed by atoms with E-state index in [-0.39, 0.29) is 23.5 Å². The first-order valence-corrected chi connectivity index (χ1v) is 19.4. The maximum Gasteiger partial charge on any atom is 0.187 e. The number of hydrogen-bond acceptors (Lipinski definition) is 12. The number of fused-ring (bicyclic) bond motifs is 7. The SMILES string of the molecule is CC1CCC2(OC1)OC1CC3C4CC=C5CC(OC6OCC(O)C(O)C6OC6OC(C)C(O)C(O)C6O)CC(O)C5(C)C4CCC3(C)C1C2C. The molecule has 0 amide bonds. The minimum Gasteiger partial charge on any atom is -0.392 e. The Kier molecular flexibility index (Phi) is 9.38. The van der Waals surface area contributed by atoms with Crippen molar-refractivity contribution in [3.63, 3.8) is 0 Å². The molecule has 12 heteroatoms. The molecule has 4 aliphatic heterocycles. The fourth-order valence-corrected chi connectivity index (χ4v) is 12.3. The van der Waals surface area contributed by atoms with Gasteiger partial charge in [-0.05, 0) is 80.5 Å². The molecule has 4 aliphatic carbocycles. The second-order valence-electron chi connectivity index (χ2n) is 17.9. The molecule has 8 rings (SSSR count). The van der Waals surface area contributed by atoms with E-state index >= 15 is 0 Å². The van der Waals surface area contributed by atoms with E-state index in [9.17, 15) is 30.6 Å². The van der Waals surface area contributed by atoms with E-state index in [1.54, 1.807) is 0 Å². The maximum absolute atomic E-state index is 12.0. The molecule has 21 atom stereocenters. The summed E-state index contributed by atoms with van der Waals surface area (Å²) in [4.78, 5) is 0. The highest BCUT2D eigenvalue weighted by molar-refractivity contribution is 5.28. The highest BCUT2D eigenvalue weighted by atomic mass is 16.8. The highest BCUT2D eigenvalue weighted by Gasteiger charge is 2.69. The average molecular weight is 709 g/mol. The van der Waals surface area contributed by atoms with Crippen LogP contribution < -0.4 is 0 Å². The van der Waals surface area contributed by atoms with E-state index in [1.807, 2.05) is 0 Å². The van der Waals surface area contributed by atoms with Crippen LogP contribution in [0.3, 0.4) is 0 Å². The van der Waals surface area contributed by atoms with Gasteiger partial charge in [-0.2, -0.15) is 0 Å². The maximum atomic E-state index is 12.0. The quantitative estimate of drug-likeness (QED) is 0.235. The van der Waals surface area contributed by atoms with Gasteiger partial charge in [-0.25, -0.2) is 0 Å². The Balaban J connectivity index is 0.968. The van der Waals surface area contributed by atoms with Crippen LogP contribution in [0.4, 0.5) is 0 Å². The van der Waals surface area contributed by atoms with Gasteiger partial charge in [0.05, 0.1) is 37.6 Å². The third-order valence-corrected chi connectivity index (χ3v) is 15.3. The lowest BCUT2D eigenvalue weighted by Crippen LogP contribution is -2.62. The first-order valence-electron chi connectivity index (χ1n) is 19.4. The van der Waals surface area contributed by atoms with Crippen molar-refractivity contribution in [2.24, 2.45) is 46.3 Å². The van der Waals surface area contributed by atoms with Gasteiger partial charge in [0.2, 0.25) is 0 Å². The molecule has 0 bridgehead atoms. The summed E-state index contributed by atoms with van der Waals surface area (Å²) in [5.41, 5.74) is 0.988. The van der Waals surface area contributed by atoms with Gasteiger partial charge in [0, 0.05) is 24.2 Å². The normalized spacial score (nSPS) is 59.3. The molecule has 12 nitrogen and oxygen atoms in total. The average Bonchev–Trinajstić information content (AvgIpc) is 3.53. The van der Waals surface area contributed by atoms with Gasteiger partial charge in [-0.15, -0.1) is 0 Å². The van der Waals surface area contributed by atoms with Gasteiger partial charge in [0.1, 0.15) is 36.6 Å². The number of aliphatic hydroxyl groups is 6. The zero-order valence-electron chi connectivity index (χ0n) is 30.2. The van der Waals surface area contributed by atoms with Crippen LogP contribution in [0.1, 0.15) is 86.0 Å². The molecule has 21 unspecified atom stereocenters. The summed E-state index contributed by atoms with van der Waals surface area (Å²) in [6.07, 6.45) is -2.98. The van der Waals surface area contributed by atoms with Gasteiger partial charge in [-0.3, -0.25) is 0 Å². The summed E-state index contributed by atoms with van der Waals surface area (Å²) < 4.78 is 37.2. The summed E-state index contributed by atoms with van der Waals surface area (Å²) >= 11 is 0. The summed E-state index contributed by atoms with van der Waals surface area (Å²) in [5, 5.41) is 64.3. The Morgan fingerprint density at radius 2 is 1.60 bits per heavy atom. The van der Waals surface area contributed by atoms with Crippen LogP contribution in [0.25, 0.3) is 0 Å². The van der Waals surface area contributed by atoms with Crippen molar-refractivity contribution in [3.05, 3.63) is 11.6 Å². The van der Waals surface area contributed by atoms with E-state index in [2.05, 4.69) is 33.8 Å². The lowest BCUT2D eigenvalue weighted by Gasteiger charge is -2.60. The Labute approximate surface area is 295 Å². The molecule has 4 saturated heterocycles. The molecular weight excluding hydrogens is 648 g/mol. The van der Waals surface area contributed by atoms with E-state index < -0.39 is 73.3 Å². The Hall–Kier alpha value is -0.740. The van der Waals surface area contributed by atoms with Gasteiger partial charge in [-0.1, -0.05) is 39.3 Å². The van der Waals surface area contributed by atoms with Crippen LogP contribution in [0, 0.1) is 46.3 Å². The number of rotatable bonds is 4. The van der Waals surface area contributed by atoms with E-state index in [1.165, 1.54) is 12.5 Å². The molecule has 0 radical (unpaired) electrons. The number of ether oxygens (including phenoxy) is 6. The van der Waals surface area contributed by atoms with Gasteiger partial charge in [0.15, 0.2) is 18.4 Å². The smallest absolute Gasteiger partial charge is 0.187 e. The zero-order chi connectivity index (χ0) is 35.5. The van der Waals surface area contributed by atoms with Gasteiger partial charge in [0.25, 0.3) is 0 Å². The third kappa shape index (κ3) is 5.45. The molecule has 6 N–H and O–H groups in total. The first-order chi connectivity index (χ1) is 23.7. The molecule has 3 saturated carbocycles. The van der Waals surface area contributed by atoms with E-state index in [0.29, 0.717) is 48.3 Å². The predicted molar refractivity (Wildman–Crippen MR) is 177 cm³/mol. The third-order valence-electron chi connectivity index (χ3n) is 15.3. The molecule has 0 aromatic rings. The van der Waals surface area contributed by atoms with Crippen molar-refractivity contribution in [3.8, 4) is 0 Å². The lowest BCUT2D eigenvalue weighted by molar-refractivity contribution is -0.358. The van der Waals surface area contributed by atoms with Crippen molar-refractivity contribution in [2.45, 2.75) is 165 Å². The van der Waals surface area contributed by atoms with Crippen molar-refractivity contribution >= 4 is 0 Å². The van der Waals surface area contributed by atoms with Crippen LogP contribution >= 0.6 is 0 Å². The van der Waals surface area contributed by atoms with E-state index in [0.717, 1.165) is 45.1 Å². The van der Waals surface area contributed by atoms with Crippen molar-refractivity contribution in [1.29, 1.82) is 0 Å². The Morgan fingerprint density at radius 3 is 2.34 bits per heavy atom. The standard InChI is InChI=1S/C38H60O12/c1-17-8-11-38(46-15-17)18(2)28-26(50-38)14-24-22-7-6-20-12-21(13-27(40)37(20,5)23(22)9-10-36(24,28)4)48-35-33(30(42)25(39)16-45-35)49-34-32(44)31(43)29(41)19(3)47-34/h6,17-19,21-35,39-44H,7-16H2,1-5H3. The fourth-order valence-electron chi connectivity index (χ4n) is 12.3. The lowest BCUT2D eigenvalue weighted by atomic mass is 9.46. The van der Waals surface area contributed by atoms with Gasteiger partial charge >= 0.3 is 0 Å². The van der Waals surface area contributed by atoms with Crippen molar-refractivity contribution < 1.29 is 59.1 Å². The van der Waals surface area contributed by atoms with Crippen LogP contribution in [0.15, 0.2) is 11.6 Å². The first kappa shape index (κ1) is 36.2. The van der Waals surface area contributed by atoms with Gasteiger partial charge < -0.3 is 59.1 Å². The number of aliphatic hydroxyl groups excluding tert-OH is 6. The summed E-state index contributed by atoms with van der Waals surface area (Å²) in [7, 11) is 0. The molecule has 0 aromatic carbocycles. The molecule has 1 spiro atoms. The summed E-state index contributed by atoms with van der Waals surface area (Å²) in [6.45, 7) is 11.5. The minimum atomic E-state index is -1.59. The highest BCUT2D eigenvalue weighted by Crippen LogP contribution is 2.70. The molecule has 284 valence electrons. The predicted octanol–water partition coefficient (Wildman–Crippen LogP) is 2.00. The van der Waals surface area contributed by atoms with Crippen molar-refractivity contribution in [1.82, 2.24) is 0 Å². The second-order valence-corrected chi connectivity index (χ2v) is 17.9. The number of allylic oxidation sites excluding steroid dienone is 1. The minimum absolute atomic E-state index is 0.175. The molecule has 8 aliphatic rings. The zero-order valence-corrected chi connectivity index (χ0v) is 30.2. The summed E-state index contributed by atoms with van der Waals surface area (Å²) in [6, 6.07) is 0. The van der Waals surface area contributed by atoms with Crippen LogP contribution in [-0.4, -0.2) is 123 Å². The monoisotopic (exact) mass is 708 g/mol. The molecule has 50 heavy (non-hydrogen) atoms. The molecule has 0 aromatic heterocycles. The van der Waals surface area contributed by atoms with Crippen LogP contribution in [-0.2, 0) is 28.4 Å². The summed E-state index contributed by atoms with van der Waals surface area (Å²) in [5.74, 6) is 2.32. The Bertz CT molecular complexity index is 1290. The fraction of sp³-hybridized carbons (Fsp3) is 0.947. The Morgan fingerprint density at radius 1 is 0.820 bits per heavy atom.